The molecule has 0 spiro atoms. The van der Waals surface area contributed by atoms with Crippen LogP contribution in [0.2, 0.25) is 0 Å². The van der Waals surface area contributed by atoms with E-state index >= 15 is 0 Å². The van der Waals surface area contributed by atoms with Gasteiger partial charge < -0.3 is 19.5 Å². The highest BCUT2D eigenvalue weighted by atomic mass is 32.2. The van der Waals surface area contributed by atoms with Gasteiger partial charge in [0.1, 0.15) is 17.2 Å². The lowest BCUT2D eigenvalue weighted by Gasteiger charge is -2.16. The Labute approximate surface area is 197 Å². The van der Waals surface area contributed by atoms with Gasteiger partial charge in [-0.25, -0.2) is 13.6 Å². The molecule has 0 radical (unpaired) electrons. The summed E-state index contributed by atoms with van der Waals surface area (Å²) in [7, 11) is -4.31. The third kappa shape index (κ3) is 6.40. The van der Waals surface area contributed by atoms with E-state index in [1.165, 1.54) is 5.32 Å². The number of nitrogens with two attached hydrogens (primary N) is 1. The molecule has 0 amide bonds. The van der Waals surface area contributed by atoms with E-state index < -0.39 is 126 Å². The second-order valence-corrected chi connectivity index (χ2v) is 5.97. The van der Waals surface area contributed by atoms with E-state index in [4.69, 9.17) is 44.8 Å². The van der Waals surface area contributed by atoms with Gasteiger partial charge in [0, 0.05) is 27.6 Å². The predicted octanol–water partition coefficient (Wildman–Crippen LogP) is 2.34. The standard InChI is InChI=1S/C20H28N2O5S/c1-4-26-17-7-5-6-8-18(17)27-12-11-22-15(2)13-16-9-10-19(25-3)20(14-16)28(21,23)24/h5-10,14-15,22H,4,11-13H2,1-3H3,(H2,21,23,24)/t15-/m1/s1/i1D3,2D3,4D2,5D,6D,7D,8D,9D,10D,11D2,12D2,13D2,14D,15D. The highest BCUT2D eigenvalue weighted by Crippen LogP contribution is 2.26. The summed E-state index contributed by atoms with van der Waals surface area (Å²) < 4.78 is 216. The smallest absolute Gasteiger partial charge is 0.241 e. The highest BCUT2D eigenvalue weighted by Gasteiger charge is 2.16. The van der Waals surface area contributed by atoms with Gasteiger partial charge in [-0.1, -0.05) is 18.1 Å². The number of rotatable bonds is 11. The van der Waals surface area contributed by atoms with Gasteiger partial charge in [-0.05, 0) is 49.8 Å². The van der Waals surface area contributed by atoms with Gasteiger partial charge in [0.05, 0.1) is 28.7 Å². The number of para-hydroxylation sites is 2. The molecule has 0 fully saturated rings. The summed E-state index contributed by atoms with van der Waals surface area (Å²) in [4.78, 5) is -1.42. The normalized spacial score (nSPS) is 27.9. The van der Waals surface area contributed by atoms with Gasteiger partial charge in [0.15, 0.2) is 11.5 Å². The van der Waals surface area contributed by atoms with Crippen LogP contribution in [-0.4, -0.2) is 41.2 Å². The van der Waals surface area contributed by atoms with Gasteiger partial charge >= 0.3 is 0 Å². The van der Waals surface area contributed by atoms with Crippen LogP contribution in [0.15, 0.2) is 47.2 Å². The van der Waals surface area contributed by atoms with Crippen molar-refractivity contribution in [1.29, 1.82) is 0 Å². The molecule has 0 aromatic heterocycles. The molecule has 2 aromatic carbocycles. The maximum atomic E-state index is 12.3. The zero-order chi connectivity index (χ0) is 39.8. The molecule has 8 heteroatoms. The fourth-order valence-electron chi connectivity index (χ4n) is 1.59. The lowest BCUT2D eigenvalue weighted by atomic mass is 10.1. The molecule has 28 heavy (non-hydrogen) atoms. The van der Waals surface area contributed by atoms with Crippen molar-refractivity contribution in [2.75, 3.05) is 26.7 Å². The molecule has 0 aliphatic rings. The molecular weight excluding hydrogens is 380 g/mol. The van der Waals surface area contributed by atoms with Crippen LogP contribution in [0.25, 0.3) is 0 Å². The molecule has 1 atom stereocenters. The van der Waals surface area contributed by atoms with Crippen molar-refractivity contribution in [2.45, 2.75) is 31.0 Å². The molecule has 0 bridgehead atoms. The Morgan fingerprint density at radius 3 is 2.64 bits per heavy atom. The number of benzene rings is 2. The van der Waals surface area contributed by atoms with E-state index in [2.05, 4.69) is 4.74 Å². The van der Waals surface area contributed by atoms with Crippen LogP contribution >= 0.6 is 0 Å². The fourth-order valence-corrected chi connectivity index (χ4v) is 2.23. The number of sulfonamides is 1. The van der Waals surface area contributed by atoms with E-state index in [1.807, 2.05) is 0 Å². The first kappa shape index (κ1) is 6.62. The summed E-state index contributed by atoms with van der Waals surface area (Å²) in [6, 6.07) is -13.6. The summed E-state index contributed by atoms with van der Waals surface area (Å²) in [5.41, 5.74) is -1.62. The molecule has 7 nitrogen and oxygen atoms in total. The highest BCUT2D eigenvalue weighted by molar-refractivity contribution is 7.89. The van der Waals surface area contributed by atoms with Crippen LogP contribution in [0.1, 0.15) is 49.4 Å². The number of hydrogen-bond donors (Lipinski definition) is 2. The van der Waals surface area contributed by atoms with Crippen molar-refractivity contribution in [3.05, 3.63) is 47.9 Å². The number of primary sulfonamides is 1. The van der Waals surface area contributed by atoms with E-state index in [1.54, 1.807) is 0 Å². The van der Waals surface area contributed by atoms with E-state index in [9.17, 15) is 8.42 Å². The Morgan fingerprint density at radius 1 is 1.25 bits per heavy atom. The van der Waals surface area contributed by atoms with Gasteiger partial charge in [-0.2, -0.15) is 0 Å². The van der Waals surface area contributed by atoms with Crippen molar-refractivity contribution in [1.82, 2.24) is 5.32 Å². The van der Waals surface area contributed by atoms with Crippen LogP contribution in [0.4, 0.5) is 0 Å². The average molecular weight is 431 g/mol. The Kier molecular flexibility index (Phi) is 2.44. The Morgan fingerprint density at radius 2 is 2.00 bits per heavy atom. The van der Waals surface area contributed by atoms with Gasteiger partial charge in [-0.3, -0.25) is 0 Å². The first-order valence-corrected chi connectivity index (χ1v) is 8.50. The maximum absolute atomic E-state index is 12.3. The summed E-state index contributed by atoms with van der Waals surface area (Å²) in [5, 5.41) is 6.34. The molecule has 0 heterocycles. The fraction of sp³-hybridized carbons (Fsp3) is 0.400. The quantitative estimate of drug-likeness (QED) is 0.568. The van der Waals surface area contributed by atoms with E-state index in [-0.39, 0.29) is 0 Å². The summed E-state index contributed by atoms with van der Waals surface area (Å²) in [5.74, 6) is -4.08. The average Bonchev–Trinajstić information content (AvgIpc) is 2.91. The number of ether oxygens (including phenoxy) is 3. The van der Waals surface area contributed by atoms with Crippen molar-refractivity contribution in [3.63, 3.8) is 0 Å². The molecular formula is C20H28N2O5S. The maximum Gasteiger partial charge on any atom is 0.241 e. The molecule has 0 unspecified atom stereocenters. The number of hydrogen-bond acceptors (Lipinski definition) is 6. The van der Waals surface area contributed by atoms with Crippen molar-refractivity contribution >= 4 is 10.0 Å². The van der Waals surface area contributed by atoms with Crippen molar-refractivity contribution < 1.29 is 52.8 Å². The molecule has 154 valence electrons. The monoisotopic (exact) mass is 430 g/mol. The molecule has 0 aliphatic carbocycles. The minimum atomic E-state index is -5.11. The van der Waals surface area contributed by atoms with Crippen LogP contribution in [-0.2, 0) is 16.4 Å². The topological polar surface area (TPSA) is 99.9 Å². The molecule has 0 saturated carbocycles. The summed E-state index contributed by atoms with van der Waals surface area (Å²) >= 11 is 0. The van der Waals surface area contributed by atoms with Crippen LogP contribution in [0, 0.1) is 0 Å². The lowest BCUT2D eigenvalue weighted by molar-refractivity contribution is 0.272. The van der Waals surface area contributed by atoms with E-state index in [0.29, 0.717) is 0 Å². The van der Waals surface area contributed by atoms with Crippen molar-refractivity contribution in [3.8, 4) is 17.2 Å². The molecule has 2 aromatic rings. The minimum absolute atomic E-state index is 0.797. The minimum Gasteiger partial charge on any atom is -0.495 e. The molecule has 0 saturated heterocycles. The van der Waals surface area contributed by atoms with Gasteiger partial charge in [0.2, 0.25) is 10.0 Å². The Hall–Kier alpha value is -2.29. The predicted molar refractivity (Wildman–Crippen MR) is 109 cm³/mol. The van der Waals surface area contributed by atoms with Crippen LogP contribution < -0.4 is 24.7 Å². The second kappa shape index (κ2) is 10.3. The number of methoxy groups -OCH3 is 1. The van der Waals surface area contributed by atoms with Crippen LogP contribution in [0.5, 0.6) is 17.2 Å². The SMILES string of the molecule is [2H]c1c([2H])c([2H])c(OC([2H])([2H])C([2H])([2H])N[C@]([2H])(C([2H])([2H])[2H])C([2H])([2H])c2c([2H])c([2H])c(OC)c(S(N)(=O)=O)c2[2H])c(OC([2H])([2H])C([2H])([2H])[2H])c1[2H]. The zero-order valence-corrected chi connectivity index (χ0v) is 14.8. The lowest BCUT2D eigenvalue weighted by Crippen LogP contribution is -2.32. The van der Waals surface area contributed by atoms with Gasteiger partial charge in [-0.15, -0.1) is 0 Å². The Balaban J connectivity index is 2.91. The zero-order valence-electron chi connectivity index (χ0n) is 36.0. The third-order valence-electron chi connectivity index (χ3n) is 2.65. The van der Waals surface area contributed by atoms with E-state index in [0.717, 1.165) is 7.11 Å². The summed E-state index contributed by atoms with van der Waals surface area (Å²) in [6.07, 6.45) is -4.16. The molecule has 3 N–H and O–H groups in total. The van der Waals surface area contributed by atoms with Crippen LogP contribution in [0.3, 0.4) is 0 Å². The summed E-state index contributed by atoms with van der Waals surface area (Å²) in [6.45, 7) is -19.9. The Bertz CT molecular complexity index is 1780. The second-order valence-electron chi connectivity index (χ2n) is 4.47. The number of nitrogens with one attached hydrogen (secondary N) is 1. The first-order valence-electron chi connectivity index (χ1n) is 18.0. The molecule has 2 rings (SSSR count). The third-order valence-corrected chi connectivity index (χ3v) is 3.51. The van der Waals surface area contributed by atoms with Gasteiger partial charge in [0.25, 0.3) is 0 Å². The first-order chi connectivity index (χ1) is 22.0. The largest absolute Gasteiger partial charge is 0.495 e. The molecule has 0 aliphatic heterocycles. The van der Waals surface area contributed by atoms with Crippen molar-refractivity contribution in [2.24, 2.45) is 5.14 Å².